The molecule has 8 nitrogen and oxygen atoms in total. The van der Waals surface area contributed by atoms with Crippen molar-refractivity contribution in [1.29, 1.82) is 0 Å². The first kappa shape index (κ1) is 18.4. The lowest BCUT2D eigenvalue weighted by molar-refractivity contribution is -0.384. The van der Waals surface area contributed by atoms with Crippen LogP contribution < -0.4 is 4.74 Å². The van der Waals surface area contributed by atoms with E-state index in [1.807, 2.05) is 20.8 Å². The summed E-state index contributed by atoms with van der Waals surface area (Å²) in [6.45, 7) is 6.49. The van der Waals surface area contributed by atoms with Gasteiger partial charge in [0.25, 0.3) is 10.9 Å². The molecule has 1 amide bonds. The molecule has 1 aliphatic heterocycles. The maximum absolute atomic E-state index is 12.3. The van der Waals surface area contributed by atoms with Crippen LogP contribution in [0.15, 0.2) is 18.2 Å². The minimum Gasteiger partial charge on any atom is -0.468 e. The molecule has 26 heavy (non-hydrogen) atoms. The lowest BCUT2D eigenvalue weighted by Gasteiger charge is -2.28. The molecule has 9 heteroatoms. The quantitative estimate of drug-likeness (QED) is 0.589. The van der Waals surface area contributed by atoms with Crippen LogP contribution in [0.2, 0.25) is 0 Å². The summed E-state index contributed by atoms with van der Waals surface area (Å²) in [5.74, 6) is 0. The number of non-ortho nitro benzene ring substituents is 1. The molecular formula is C17H21N3O5S. The third kappa shape index (κ3) is 4.21. The Labute approximate surface area is 154 Å². The molecule has 0 saturated carbocycles. The molecule has 140 valence electrons. The SMILES string of the molecule is CC(C)(C)OC(=O)N1CCC[C@H]1COc1nc2cc([N+](=O)[O-])ccc2s1. The van der Waals surface area contributed by atoms with E-state index in [2.05, 4.69) is 4.98 Å². The number of carbonyl (C=O) groups excluding carboxylic acids is 1. The topological polar surface area (TPSA) is 94.8 Å². The van der Waals surface area contributed by atoms with Gasteiger partial charge in [0.2, 0.25) is 0 Å². The molecule has 3 rings (SSSR count). The first-order valence-corrected chi connectivity index (χ1v) is 9.22. The molecule has 2 aromatic rings. The van der Waals surface area contributed by atoms with E-state index in [-0.39, 0.29) is 17.8 Å². The van der Waals surface area contributed by atoms with Gasteiger partial charge in [-0.1, -0.05) is 11.3 Å². The summed E-state index contributed by atoms with van der Waals surface area (Å²) < 4.78 is 12.0. The lowest BCUT2D eigenvalue weighted by atomic mass is 10.2. The van der Waals surface area contributed by atoms with Crippen LogP contribution in [0, 0.1) is 10.1 Å². The molecule has 1 saturated heterocycles. The monoisotopic (exact) mass is 379 g/mol. The molecule has 0 spiro atoms. The van der Waals surface area contributed by atoms with Crippen molar-refractivity contribution in [3.8, 4) is 5.19 Å². The Morgan fingerprint density at radius 3 is 2.92 bits per heavy atom. The van der Waals surface area contributed by atoms with Crippen LogP contribution in [0.1, 0.15) is 33.6 Å². The maximum Gasteiger partial charge on any atom is 0.410 e. The lowest BCUT2D eigenvalue weighted by Crippen LogP contribution is -2.42. The van der Waals surface area contributed by atoms with Crippen molar-refractivity contribution in [3.05, 3.63) is 28.3 Å². The highest BCUT2D eigenvalue weighted by Crippen LogP contribution is 2.31. The molecular weight excluding hydrogens is 358 g/mol. The number of nitrogens with zero attached hydrogens (tertiary/aromatic N) is 3. The van der Waals surface area contributed by atoms with Gasteiger partial charge in [0.05, 0.1) is 21.2 Å². The second-order valence-corrected chi connectivity index (χ2v) is 8.16. The minimum atomic E-state index is -0.535. The summed E-state index contributed by atoms with van der Waals surface area (Å²) >= 11 is 1.33. The third-order valence-corrected chi connectivity index (χ3v) is 4.92. The number of hydrogen-bond donors (Lipinski definition) is 0. The van der Waals surface area contributed by atoms with Crippen molar-refractivity contribution in [2.24, 2.45) is 0 Å². The standard InChI is InChI=1S/C17H21N3O5S/c1-17(2,3)25-16(21)19-8-4-5-12(19)10-24-15-18-13-9-11(20(22)23)6-7-14(13)26-15/h6-7,9,12H,4-5,8,10H2,1-3H3/t12-/m0/s1. The number of aromatic nitrogens is 1. The van der Waals surface area contributed by atoms with Crippen LogP contribution in [-0.4, -0.2) is 45.7 Å². The number of thiazole rings is 1. The molecule has 1 fully saturated rings. The number of carbonyl (C=O) groups is 1. The maximum atomic E-state index is 12.3. The van der Waals surface area contributed by atoms with Gasteiger partial charge in [0, 0.05) is 18.7 Å². The zero-order chi connectivity index (χ0) is 18.9. The highest BCUT2D eigenvalue weighted by molar-refractivity contribution is 7.20. The van der Waals surface area contributed by atoms with Gasteiger partial charge < -0.3 is 14.4 Å². The van der Waals surface area contributed by atoms with Crippen LogP contribution in [-0.2, 0) is 4.74 Å². The number of nitro groups is 1. The Hall–Kier alpha value is -2.42. The van der Waals surface area contributed by atoms with Gasteiger partial charge in [-0.25, -0.2) is 9.78 Å². The Balaban J connectivity index is 1.65. The Bertz CT molecular complexity index is 829. The van der Waals surface area contributed by atoms with Gasteiger partial charge in [-0.05, 0) is 39.7 Å². The van der Waals surface area contributed by atoms with E-state index < -0.39 is 10.5 Å². The van der Waals surface area contributed by atoms with E-state index in [4.69, 9.17) is 9.47 Å². The molecule has 0 unspecified atom stereocenters. The second-order valence-electron chi connectivity index (χ2n) is 7.17. The molecule has 0 aliphatic carbocycles. The number of fused-ring (bicyclic) bond motifs is 1. The van der Waals surface area contributed by atoms with E-state index in [0.717, 1.165) is 17.5 Å². The molecule has 1 aromatic carbocycles. The molecule has 1 aliphatic rings. The Kier molecular flexibility index (Phi) is 4.99. The summed E-state index contributed by atoms with van der Waals surface area (Å²) in [5.41, 5.74) is 0.00295. The number of rotatable bonds is 4. The number of likely N-dealkylation sites (tertiary alicyclic amines) is 1. The normalized spacial score (nSPS) is 17.5. The van der Waals surface area contributed by atoms with Crippen molar-refractivity contribution in [1.82, 2.24) is 9.88 Å². The predicted octanol–water partition coefficient (Wildman–Crippen LogP) is 3.98. The number of amides is 1. The van der Waals surface area contributed by atoms with E-state index in [1.54, 1.807) is 11.0 Å². The first-order chi connectivity index (χ1) is 12.2. The van der Waals surface area contributed by atoms with Crippen LogP contribution in [0.4, 0.5) is 10.5 Å². The molecule has 0 radical (unpaired) electrons. The summed E-state index contributed by atoms with van der Waals surface area (Å²) in [7, 11) is 0. The van der Waals surface area contributed by atoms with Crippen LogP contribution in [0.3, 0.4) is 0 Å². The number of benzene rings is 1. The van der Waals surface area contributed by atoms with E-state index in [9.17, 15) is 14.9 Å². The van der Waals surface area contributed by atoms with Gasteiger partial charge in [0.15, 0.2) is 0 Å². The molecule has 1 aromatic heterocycles. The molecule has 0 N–H and O–H groups in total. The van der Waals surface area contributed by atoms with Crippen LogP contribution in [0.25, 0.3) is 10.2 Å². The van der Waals surface area contributed by atoms with Crippen LogP contribution >= 0.6 is 11.3 Å². The largest absolute Gasteiger partial charge is 0.468 e. The zero-order valence-electron chi connectivity index (χ0n) is 14.9. The summed E-state index contributed by atoms with van der Waals surface area (Å²) in [6, 6.07) is 4.49. The van der Waals surface area contributed by atoms with Gasteiger partial charge in [0.1, 0.15) is 12.2 Å². The van der Waals surface area contributed by atoms with Gasteiger partial charge in [-0.2, -0.15) is 0 Å². The fourth-order valence-corrected chi connectivity index (χ4v) is 3.61. The van der Waals surface area contributed by atoms with Gasteiger partial charge in [-0.3, -0.25) is 10.1 Å². The Morgan fingerprint density at radius 2 is 2.23 bits per heavy atom. The van der Waals surface area contributed by atoms with Crippen molar-refractivity contribution in [2.45, 2.75) is 45.3 Å². The molecule has 2 heterocycles. The van der Waals surface area contributed by atoms with Crippen molar-refractivity contribution in [3.63, 3.8) is 0 Å². The summed E-state index contributed by atoms with van der Waals surface area (Å²) in [5, 5.41) is 11.3. The van der Waals surface area contributed by atoms with Crippen molar-refractivity contribution in [2.75, 3.05) is 13.2 Å². The predicted molar refractivity (Wildman–Crippen MR) is 97.7 cm³/mol. The average molecular weight is 379 g/mol. The van der Waals surface area contributed by atoms with E-state index in [1.165, 1.54) is 23.5 Å². The highest BCUT2D eigenvalue weighted by Gasteiger charge is 2.32. The Morgan fingerprint density at radius 1 is 1.46 bits per heavy atom. The van der Waals surface area contributed by atoms with E-state index >= 15 is 0 Å². The smallest absolute Gasteiger partial charge is 0.410 e. The van der Waals surface area contributed by atoms with Gasteiger partial charge in [-0.15, -0.1) is 0 Å². The highest BCUT2D eigenvalue weighted by atomic mass is 32.1. The first-order valence-electron chi connectivity index (χ1n) is 8.40. The molecule has 0 bridgehead atoms. The molecule has 1 atom stereocenters. The van der Waals surface area contributed by atoms with Gasteiger partial charge >= 0.3 is 6.09 Å². The zero-order valence-corrected chi connectivity index (χ0v) is 15.7. The van der Waals surface area contributed by atoms with Crippen molar-refractivity contribution >= 4 is 33.3 Å². The number of ether oxygens (including phenoxy) is 2. The number of nitro benzene ring substituents is 1. The number of hydrogen-bond acceptors (Lipinski definition) is 7. The summed E-state index contributed by atoms with van der Waals surface area (Å²) in [4.78, 5) is 28.7. The van der Waals surface area contributed by atoms with E-state index in [0.29, 0.717) is 23.9 Å². The summed E-state index contributed by atoms with van der Waals surface area (Å²) in [6.07, 6.45) is 1.41. The average Bonchev–Trinajstić information content (AvgIpc) is 3.16. The second kappa shape index (κ2) is 7.06. The third-order valence-electron chi connectivity index (χ3n) is 3.97. The van der Waals surface area contributed by atoms with Crippen molar-refractivity contribution < 1.29 is 19.2 Å². The fourth-order valence-electron chi connectivity index (χ4n) is 2.81. The van der Waals surface area contributed by atoms with Crippen LogP contribution in [0.5, 0.6) is 5.19 Å². The minimum absolute atomic E-state index is 0.00115. The fraction of sp³-hybridized carbons (Fsp3) is 0.529.